The number of nitrogens with one attached hydrogen (secondary N) is 1. The van der Waals surface area contributed by atoms with E-state index in [1.807, 2.05) is 0 Å². The summed E-state index contributed by atoms with van der Waals surface area (Å²) < 4.78 is 0. The summed E-state index contributed by atoms with van der Waals surface area (Å²) in [7, 11) is 0. The first-order valence-electron chi connectivity index (χ1n) is 20.5. The molecular formula is C41H81NO4. The van der Waals surface area contributed by atoms with Gasteiger partial charge in [-0.1, -0.05) is 187 Å². The number of aliphatic hydroxyl groups excluding tert-OH is 3. The Bertz CT molecular complexity index is 640. The van der Waals surface area contributed by atoms with E-state index in [2.05, 4.69) is 31.3 Å². The lowest BCUT2D eigenvalue weighted by atomic mass is 9.99. The normalized spacial score (nSPS) is 13.8. The number of hydrogen-bond donors (Lipinski definition) is 4. The zero-order valence-corrected chi connectivity index (χ0v) is 31.0. The number of aliphatic hydroxyl groups is 3. The van der Waals surface area contributed by atoms with Crippen LogP contribution in [0.15, 0.2) is 12.2 Å². The van der Waals surface area contributed by atoms with Crippen LogP contribution in [0.1, 0.15) is 219 Å². The summed E-state index contributed by atoms with van der Waals surface area (Å²) in [4.78, 5) is 12.4. The van der Waals surface area contributed by atoms with Crippen LogP contribution in [-0.4, -0.2) is 46.1 Å². The van der Waals surface area contributed by atoms with Crippen molar-refractivity contribution in [3.63, 3.8) is 0 Å². The van der Waals surface area contributed by atoms with E-state index in [-0.39, 0.29) is 12.5 Å². The van der Waals surface area contributed by atoms with Crippen LogP contribution >= 0.6 is 0 Å². The predicted octanol–water partition coefficient (Wildman–Crippen LogP) is 11.3. The molecule has 46 heavy (non-hydrogen) atoms. The maximum absolute atomic E-state index is 12.4. The molecule has 0 aromatic heterocycles. The quantitative estimate of drug-likeness (QED) is 0.0397. The zero-order valence-electron chi connectivity index (χ0n) is 31.0. The van der Waals surface area contributed by atoms with Gasteiger partial charge in [-0.3, -0.25) is 4.79 Å². The fraction of sp³-hybridized carbons (Fsp3) is 0.927. The van der Waals surface area contributed by atoms with Gasteiger partial charge in [-0.25, -0.2) is 0 Å². The van der Waals surface area contributed by atoms with Crippen LogP contribution in [0.3, 0.4) is 0 Å². The van der Waals surface area contributed by atoms with E-state index in [0.717, 1.165) is 38.5 Å². The molecule has 0 bridgehead atoms. The molecule has 0 fully saturated rings. The lowest BCUT2D eigenvalue weighted by Crippen LogP contribution is -2.50. The van der Waals surface area contributed by atoms with E-state index in [4.69, 9.17) is 0 Å². The average Bonchev–Trinajstić information content (AvgIpc) is 3.06. The number of carbonyl (C=O) groups is 1. The first kappa shape index (κ1) is 45.1. The van der Waals surface area contributed by atoms with Crippen molar-refractivity contribution in [1.29, 1.82) is 0 Å². The molecule has 1 amide bonds. The summed E-state index contributed by atoms with van der Waals surface area (Å²) in [5.74, 6) is -0.149. The van der Waals surface area contributed by atoms with E-state index in [0.29, 0.717) is 12.8 Å². The number of rotatable bonds is 37. The van der Waals surface area contributed by atoms with Crippen LogP contribution in [0.2, 0.25) is 0 Å². The lowest BCUT2D eigenvalue weighted by Gasteiger charge is -2.26. The summed E-state index contributed by atoms with van der Waals surface area (Å²) in [6.07, 6.45) is 41.7. The highest BCUT2D eigenvalue weighted by atomic mass is 16.3. The molecule has 0 aromatic rings. The van der Waals surface area contributed by atoms with E-state index < -0.39 is 18.2 Å². The van der Waals surface area contributed by atoms with Gasteiger partial charge in [0.2, 0.25) is 5.91 Å². The lowest BCUT2D eigenvalue weighted by molar-refractivity contribution is -0.124. The minimum atomic E-state index is -1.13. The highest BCUT2D eigenvalue weighted by Gasteiger charge is 2.26. The highest BCUT2D eigenvalue weighted by Crippen LogP contribution is 2.16. The van der Waals surface area contributed by atoms with Crippen molar-refractivity contribution in [2.45, 2.75) is 238 Å². The molecule has 0 aliphatic carbocycles. The van der Waals surface area contributed by atoms with Crippen molar-refractivity contribution in [2.24, 2.45) is 0 Å². The van der Waals surface area contributed by atoms with E-state index in [1.165, 1.54) is 154 Å². The standard InChI is InChI=1S/C41H81NO4/c1-3-5-7-9-11-13-15-16-17-18-19-20-21-22-23-24-26-28-30-32-34-36-40(45)42-38(37-43)41(46)39(44)35-33-31-29-27-25-14-12-10-8-6-4-2/h20-21,38-39,41,43-44,46H,3-19,22-37H2,1-2H3,(H,42,45)/b21-20-. The summed E-state index contributed by atoms with van der Waals surface area (Å²) in [6, 6.07) is -0.806. The topological polar surface area (TPSA) is 89.8 Å². The van der Waals surface area contributed by atoms with Crippen LogP contribution in [0.5, 0.6) is 0 Å². The molecule has 0 saturated heterocycles. The summed E-state index contributed by atoms with van der Waals surface area (Å²) >= 11 is 0. The second-order valence-corrected chi connectivity index (χ2v) is 14.2. The first-order valence-corrected chi connectivity index (χ1v) is 20.5. The van der Waals surface area contributed by atoms with Crippen LogP contribution in [0, 0.1) is 0 Å². The molecule has 0 heterocycles. The van der Waals surface area contributed by atoms with Gasteiger partial charge in [0.25, 0.3) is 0 Å². The molecule has 0 aliphatic heterocycles. The van der Waals surface area contributed by atoms with Gasteiger partial charge in [0.05, 0.1) is 18.8 Å². The Morgan fingerprint density at radius 2 is 0.870 bits per heavy atom. The van der Waals surface area contributed by atoms with Crippen molar-refractivity contribution < 1.29 is 20.1 Å². The van der Waals surface area contributed by atoms with Gasteiger partial charge in [0, 0.05) is 6.42 Å². The van der Waals surface area contributed by atoms with Crippen molar-refractivity contribution in [2.75, 3.05) is 6.61 Å². The molecule has 5 nitrogen and oxygen atoms in total. The number of amides is 1. The first-order chi connectivity index (χ1) is 22.6. The molecule has 4 N–H and O–H groups in total. The molecule has 0 spiro atoms. The number of unbranched alkanes of at least 4 members (excludes halogenated alkanes) is 27. The van der Waals surface area contributed by atoms with Gasteiger partial charge in [-0.05, 0) is 38.5 Å². The maximum Gasteiger partial charge on any atom is 0.220 e. The Hall–Kier alpha value is -0.910. The number of allylic oxidation sites excluding steroid dienone is 2. The summed E-state index contributed by atoms with van der Waals surface area (Å²) in [5, 5.41) is 33.4. The molecule has 5 heteroatoms. The Labute approximate surface area is 287 Å². The zero-order chi connectivity index (χ0) is 33.8. The molecule has 0 aromatic carbocycles. The fourth-order valence-electron chi connectivity index (χ4n) is 6.39. The summed E-state index contributed by atoms with van der Waals surface area (Å²) in [6.45, 7) is 4.17. The monoisotopic (exact) mass is 652 g/mol. The van der Waals surface area contributed by atoms with Crippen molar-refractivity contribution >= 4 is 5.91 Å². The van der Waals surface area contributed by atoms with Crippen LogP contribution < -0.4 is 5.32 Å². The predicted molar refractivity (Wildman–Crippen MR) is 199 cm³/mol. The third-order valence-electron chi connectivity index (χ3n) is 9.62. The van der Waals surface area contributed by atoms with Gasteiger partial charge in [0.1, 0.15) is 6.10 Å². The van der Waals surface area contributed by atoms with Crippen molar-refractivity contribution in [3.05, 3.63) is 12.2 Å². The number of hydrogen-bond acceptors (Lipinski definition) is 4. The highest BCUT2D eigenvalue weighted by molar-refractivity contribution is 5.76. The Kier molecular flexibility index (Phi) is 36.2. The number of carbonyl (C=O) groups excluding carboxylic acids is 1. The third-order valence-corrected chi connectivity index (χ3v) is 9.62. The minimum Gasteiger partial charge on any atom is -0.394 e. The van der Waals surface area contributed by atoms with Gasteiger partial charge in [-0.15, -0.1) is 0 Å². The van der Waals surface area contributed by atoms with E-state index >= 15 is 0 Å². The van der Waals surface area contributed by atoms with Gasteiger partial charge in [0.15, 0.2) is 0 Å². The summed E-state index contributed by atoms with van der Waals surface area (Å²) in [5.41, 5.74) is 0. The smallest absolute Gasteiger partial charge is 0.220 e. The Balaban J connectivity index is 3.61. The molecule has 0 rings (SSSR count). The van der Waals surface area contributed by atoms with Crippen LogP contribution in [0.4, 0.5) is 0 Å². The fourth-order valence-corrected chi connectivity index (χ4v) is 6.39. The molecule has 3 unspecified atom stereocenters. The second-order valence-electron chi connectivity index (χ2n) is 14.2. The second kappa shape index (κ2) is 36.9. The SMILES string of the molecule is CCCCCCCCCCCC/C=C\CCCCCCCCCC(=O)NC(CO)C(O)C(O)CCCCCCCCCCCCC. The molecule has 0 radical (unpaired) electrons. The Morgan fingerprint density at radius 3 is 1.26 bits per heavy atom. The molecular weight excluding hydrogens is 570 g/mol. The van der Waals surface area contributed by atoms with Gasteiger partial charge < -0.3 is 20.6 Å². The van der Waals surface area contributed by atoms with Crippen molar-refractivity contribution in [3.8, 4) is 0 Å². The molecule has 3 atom stereocenters. The van der Waals surface area contributed by atoms with Gasteiger partial charge in [-0.2, -0.15) is 0 Å². The third kappa shape index (κ3) is 31.7. The largest absolute Gasteiger partial charge is 0.394 e. The molecule has 274 valence electrons. The average molecular weight is 652 g/mol. The van der Waals surface area contributed by atoms with Crippen LogP contribution in [0.25, 0.3) is 0 Å². The molecule has 0 saturated carbocycles. The maximum atomic E-state index is 12.4. The Morgan fingerprint density at radius 1 is 0.522 bits per heavy atom. The van der Waals surface area contributed by atoms with E-state index in [1.54, 1.807) is 0 Å². The minimum absolute atomic E-state index is 0.149. The van der Waals surface area contributed by atoms with Crippen molar-refractivity contribution in [1.82, 2.24) is 5.32 Å². The van der Waals surface area contributed by atoms with E-state index in [9.17, 15) is 20.1 Å². The van der Waals surface area contributed by atoms with Gasteiger partial charge >= 0.3 is 0 Å². The molecule has 0 aliphatic rings. The van der Waals surface area contributed by atoms with Crippen LogP contribution in [-0.2, 0) is 4.79 Å².